The molecule has 0 bridgehead atoms. The lowest BCUT2D eigenvalue weighted by Crippen LogP contribution is -2.38. The molecule has 1 saturated heterocycles. The van der Waals surface area contributed by atoms with Crippen LogP contribution in [-0.4, -0.2) is 30.5 Å². The van der Waals surface area contributed by atoms with Gasteiger partial charge in [-0.15, -0.1) is 23.7 Å². The van der Waals surface area contributed by atoms with Gasteiger partial charge in [-0.1, -0.05) is 6.92 Å². The molecule has 1 aliphatic rings. The first-order valence-electron chi connectivity index (χ1n) is 6.71. The van der Waals surface area contributed by atoms with Crippen LogP contribution >= 0.6 is 23.7 Å². The normalized spacial score (nSPS) is 15.8. The molecular formula is C13H22ClN3OS. The van der Waals surface area contributed by atoms with Crippen molar-refractivity contribution >= 4 is 29.7 Å². The summed E-state index contributed by atoms with van der Waals surface area (Å²) in [6.45, 7) is 4.74. The van der Waals surface area contributed by atoms with Gasteiger partial charge in [-0.3, -0.25) is 4.79 Å². The van der Waals surface area contributed by atoms with Gasteiger partial charge in [0.2, 0.25) is 5.91 Å². The molecule has 19 heavy (non-hydrogen) atoms. The van der Waals surface area contributed by atoms with E-state index in [-0.39, 0.29) is 24.2 Å². The van der Waals surface area contributed by atoms with E-state index in [0.29, 0.717) is 6.54 Å². The number of nitrogens with one attached hydrogen (secondary N) is 2. The van der Waals surface area contributed by atoms with Crippen molar-refractivity contribution in [3.63, 3.8) is 0 Å². The van der Waals surface area contributed by atoms with E-state index in [1.807, 2.05) is 0 Å². The zero-order valence-corrected chi connectivity index (χ0v) is 12.9. The smallest absolute Gasteiger partial charge is 0.223 e. The van der Waals surface area contributed by atoms with Crippen LogP contribution in [0.3, 0.4) is 0 Å². The molecule has 0 spiro atoms. The first-order chi connectivity index (χ1) is 8.79. The predicted molar refractivity (Wildman–Crippen MR) is 81.0 cm³/mol. The highest BCUT2D eigenvalue weighted by Crippen LogP contribution is 2.12. The zero-order valence-electron chi connectivity index (χ0n) is 11.3. The zero-order chi connectivity index (χ0) is 12.8. The topological polar surface area (TPSA) is 54.0 Å². The number of piperidine rings is 1. The van der Waals surface area contributed by atoms with Crippen LogP contribution in [-0.2, 0) is 17.6 Å². The van der Waals surface area contributed by atoms with Gasteiger partial charge in [-0.2, -0.15) is 0 Å². The number of rotatable bonds is 5. The van der Waals surface area contributed by atoms with Crippen molar-refractivity contribution in [3.05, 3.63) is 16.1 Å². The summed E-state index contributed by atoms with van der Waals surface area (Å²) < 4.78 is 0. The van der Waals surface area contributed by atoms with Crippen LogP contribution in [0.2, 0.25) is 0 Å². The molecule has 0 radical (unpaired) electrons. The third kappa shape index (κ3) is 5.09. The second-order valence-electron chi connectivity index (χ2n) is 4.65. The molecule has 1 aromatic heterocycles. The molecule has 1 aliphatic heterocycles. The van der Waals surface area contributed by atoms with Crippen LogP contribution in [0.5, 0.6) is 0 Å². The Morgan fingerprint density at radius 1 is 1.53 bits per heavy atom. The van der Waals surface area contributed by atoms with Crippen molar-refractivity contribution in [3.8, 4) is 0 Å². The third-order valence-electron chi connectivity index (χ3n) is 3.29. The average molecular weight is 304 g/mol. The molecule has 0 unspecified atom stereocenters. The Bertz CT molecular complexity index is 391. The summed E-state index contributed by atoms with van der Waals surface area (Å²) in [6.07, 6.45) is 3.75. The minimum atomic E-state index is 0. The number of hydrogen-bond acceptors (Lipinski definition) is 4. The lowest BCUT2D eigenvalue weighted by atomic mass is 9.97. The number of halogens is 1. The van der Waals surface area contributed by atoms with E-state index in [2.05, 4.69) is 27.9 Å². The van der Waals surface area contributed by atoms with Gasteiger partial charge in [0.1, 0.15) is 0 Å². The van der Waals surface area contributed by atoms with Gasteiger partial charge in [0.15, 0.2) is 0 Å². The maximum Gasteiger partial charge on any atom is 0.223 e. The van der Waals surface area contributed by atoms with Crippen LogP contribution in [0.4, 0.5) is 0 Å². The maximum absolute atomic E-state index is 11.9. The van der Waals surface area contributed by atoms with E-state index in [4.69, 9.17) is 0 Å². The second-order valence-corrected chi connectivity index (χ2v) is 5.59. The van der Waals surface area contributed by atoms with Crippen molar-refractivity contribution < 1.29 is 4.79 Å². The summed E-state index contributed by atoms with van der Waals surface area (Å²) in [7, 11) is 0. The van der Waals surface area contributed by atoms with Gasteiger partial charge >= 0.3 is 0 Å². The molecule has 0 aliphatic carbocycles. The van der Waals surface area contributed by atoms with Crippen molar-refractivity contribution in [2.45, 2.75) is 32.6 Å². The number of nitrogens with zero attached hydrogens (tertiary/aromatic N) is 1. The first-order valence-corrected chi connectivity index (χ1v) is 7.59. The fraction of sp³-hybridized carbons (Fsp3) is 0.692. The number of carbonyl (C=O) groups excluding carboxylic acids is 1. The lowest BCUT2D eigenvalue weighted by Gasteiger charge is -2.21. The van der Waals surface area contributed by atoms with Gasteiger partial charge in [0.05, 0.1) is 10.7 Å². The summed E-state index contributed by atoms with van der Waals surface area (Å²) >= 11 is 1.70. The van der Waals surface area contributed by atoms with E-state index >= 15 is 0 Å². The minimum Gasteiger partial charge on any atom is -0.355 e. The Morgan fingerprint density at radius 2 is 2.26 bits per heavy atom. The lowest BCUT2D eigenvalue weighted by molar-refractivity contribution is -0.125. The Kier molecular flexibility index (Phi) is 7.34. The molecule has 2 rings (SSSR count). The average Bonchev–Trinajstić information content (AvgIpc) is 2.87. The summed E-state index contributed by atoms with van der Waals surface area (Å²) in [5, 5.41) is 9.57. The van der Waals surface area contributed by atoms with Crippen LogP contribution in [0, 0.1) is 5.92 Å². The highest BCUT2D eigenvalue weighted by Gasteiger charge is 2.20. The Balaban J connectivity index is 0.00000180. The number of aromatic nitrogens is 1. The van der Waals surface area contributed by atoms with E-state index < -0.39 is 0 Å². The second kappa shape index (κ2) is 8.51. The van der Waals surface area contributed by atoms with Crippen molar-refractivity contribution in [1.29, 1.82) is 0 Å². The largest absolute Gasteiger partial charge is 0.355 e. The molecule has 6 heteroatoms. The molecule has 0 atom stereocenters. The predicted octanol–water partition coefficient (Wildman–Crippen LogP) is 1.79. The van der Waals surface area contributed by atoms with Crippen molar-refractivity contribution in [2.75, 3.05) is 19.6 Å². The third-order valence-corrected chi connectivity index (χ3v) is 4.33. The van der Waals surface area contributed by atoms with E-state index in [1.165, 1.54) is 5.01 Å². The quantitative estimate of drug-likeness (QED) is 0.872. The molecule has 1 fully saturated rings. The summed E-state index contributed by atoms with van der Waals surface area (Å²) in [5.41, 5.74) is 1.10. The molecule has 1 amide bonds. The molecule has 4 nitrogen and oxygen atoms in total. The fourth-order valence-corrected chi connectivity index (χ4v) is 2.95. The maximum atomic E-state index is 11.9. The van der Waals surface area contributed by atoms with Gasteiger partial charge in [-0.25, -0.2) is 4.98 Å². The van der Waals surface area contributed by atoms with Crippen molar-refractivity contribution in [2.24, 2.45) is 5.92 Å². The standard InChI is InChI=1S/C13H21N3OS.ClH/c1-2-12-16-11(9-18-12)5-8-15-13(17)10-3-6-14-7-4-10;/h9-10,14H,2-8H2,1H3,(H,15,17);1H. The van der Waals surface area contributed by atoms with Gasteiger partial charge in [0.25, 0.3) is 0 Å². The van der Waals surface area contributed by atoms with Crippen molar-refractivity contribution in [1.82, 2.24) is 15.6 Å². The summed E-state index contributed by atoms with van der Waals surface area (Å²) in [5.74, 6) is 0.412. The van der Waals surface area contributed by atoms with E-state index in [9.17, 15) is 4.79 Å². The Labute approximate surface area is 124 Å². The monoisotopic (exact) mass is 303 g/mol. The number of hydrogen-bond donors (Lipinski definition) is 2. The number of aryl methyl sites for hydroxylation is 1. The highest BCUT2D eigenvalue weighted by atomic mass is 35.5. The van der Waals surface area contributed by atoms with Gasteiger partial charge < -0.3 is 10.6 Å². The molecule has 0 aromatic carbocycles. The van der Waals surface area contributed by atoms with Crippen LogP contribution < -0.4 is 10.6 Å². The summed E-state index contributed by atoms with van der Waals surface area (Å²) in [4.78, 5) is 16.4. The highest BCUT2D eigenvalue weighted by molar-refractivity contribution is 7.09. The summed E-state index contributed by atoms with van der Waals surface area (Å²) in [6, 6.07) is 0. The molecule has 108 valence electrons. The van der Waals surface area contributed by atoms with Gasteiger partial charge in [0, 0.05) is 24.3 Å². The van der Waals surface area contributed by atoms with Gasteiger partial charge in [-0.05, 0) is 32.4 Å². The Hall–Kier alpha value is -0.650. The molecular weight excluding hydrogens is 282 g/mol. The van der Waals surface area contributed by atoms with Crippen LogP contribution in [0.15, 0.2) is 5.38 Å². The van der Waals surface area contributed by atoms with Crippen LogP contribution in [0.25, 0.3) is 0 Å². The number of amides is 1. The minimum absolute atomic E-state index is 0. The molecule has 2 heterocycles. The number of carbonyl (C=O) groups is 1. The molecule has 0 saturated carbocycles. The SMILES string of the molecule is CCc1nc(CCNC(=O)C2CCNCC2)cs1.Cl. The van der Waals surface area contributed by atoms with E-state index in [1.54, 1.807) is 11.3 Å². The number of thiazole rings is 1. The first kappa shape index (κ1) is 16.4. The molecule has 2 N–H and O–H groups in total. The van der Waals surface area contributed by atoms with Crippen LogP contribution in [0.1, 0.15) is 30.5 Å². The van der Waals surface area contributed by atoms with E-state index in [0.717, 1.165) is 44.5 Å². The Morgan fingerprint density at radius 3 is 2.89 bits per heavy atom. The fourth-order valence-electron chi connectivity index (χ4n) is 2.17. The molecule has 1 aromatic rings.